The summed E-state index contributed by atoms with van der Waals surface area (Å²) < 4.78 is 22.2. The van der Waals surface area contributed by atoms with E-state index in [-0.39, 0.29) is 65.5 Å². The van der Waals surface area contributed by atoms with Crippen LogP contribution in [-0.4, -0.2) is 17.1 Å². The molecule has 0 aliphatic heterocycles. The molecule has 0 bridgehead atoms. The number of rotatable bonds is 8. The van der Waals surface area contributed by atoms with E-state index < -0.39 is 37.1 Å². The Morgan fingerprint density at radius 3 is 1.84 bits per heavy atom. The van der Waals surface area contributed by atoms with Crippen LogP contribution in [0.3, 0.4) is 0 Å². The van der Waals surface area contributed by atoms with Gasteiger partial charge in [0.1, 0.15) is 5.16 Å². The van der Waals surface area contributed by atoms with Gasteiger partial charge in [-0.1, -0.05) is 12.2 Å². The summed E-state index contributed by atoms with van der Waals surface area (Å²) in [6.45, 7) is 6.46. The number of carboxylic acids is 2. The third kappa shape index (κ3) is 5.68. The van der Waals surface area contributed by atoms with Crippen LogP contribution in [0.5, 0.6) is 0 Å². The van der Waals surface area contributed by atoms with Crippen LogP contribution >= 0.6 is 7.68 Å². The zero-order chi connectivity index (χ0) is 13.6. The van der Waals surface area contributed by atoms with Crippen molar-refractivity contribution in [2.45, 2.75) is 18.0 Å². The maximum Gasteiger partial charge on any atom is 1.00 e. The van der Waals surface area contributed by atoms with E-state index in [0.717, 1.165) is 12.2 Å². The molecule has 0 saturated carbocycles. The summed E-state index contributed by atoms with van der Waals surface area (Å²) >= 11 is 0. The van der Waals surface area contributed by atoms with E-state index in [1.165, 1.54) is 0 Å². The predicted octanol–water partition coefficient (Wildman–Crippen LogP) is -6.83. The second-order valence-corrected chi connectivity index (χ2v) is 4.67. The molecule has 2 unspecified atom stereocenters. The Hall–Kier alpha value is 0.320. The van der Waals surface area contributed by atoms with Gasteiger partial charge in [0.2, 0.25) is 0 Å². The van der Waals surface area contributed by atoms with Crippen molar-refractivity contribution in [1.82, 2.24) is 0 Å². The summed E-state index contributed by atoms with van der Waals surface area (Å²) in [4.78, 5) is 21.9. The molecule has 6 nitrogen and oxygen atoms in total. The number of aliphatic carboxylic acids is 2. The number of carboxylic acid groups (broad SMARTS) is 2. The fourth-order valence-electron chi connectivity index (χ4n) is 1.52. The van der Waals surface area contributed by atoms with Gasteiger partial charge in [0.05, 0.1) is 5.97 Å². The smallest absolute Gasteiger partial charge is 0.550 e. The van der Waals surface area contributed by atoms with Crippen LogP contribution in [0.2, 0.25) is 0 Å². The molecule has 9 heteroatoms. The topological polar surface area (TPSA) is 114 Å². The average Bonchev–Trinajstić information content (AvgIpc) is 2.21. The van der Waals surface area contributed by atoms with Gasteiger partial charge in [-0.3, -0.25) is 0 Å². The quantitative estimate of drug-likeness (QED) is 0.250. The molecule has 0 aliphatic rings. The van der Waals surface area contributed by atoms with Gasteiger partial charge in [0, 0.05) is 11.9 Å². The molecule has 0 saturated heterocycles. The first-order valence-electron chi connectivity index (χ1n) is 4.63. The average molecular weight is 304 g/mol. The van der Waals surface area contributed by atoms with Crippen molar-refractivity contribution in [2.24, 2.45) is 5.92 Å². The second kappa shape index (κ2) is 11.0. The SMILES string of the molecule is C=CCC(C(=O)[O-])C(CC=C)(C(=O)[O-])P(=O)=O.[Na+].[Na+]. The van der Waals surface area contributed by atoms with Gasteiger partial charge < -0.3 is 19.8 Å². The Bertz CT molecular complexity index is 412. The number of allylic oxidation sites excluding steroid dienone is 2. The first kappa shape index (κ1) is 24.3. The minimum absolute atomic E-state index is 0. The first-order chi connectivity index (χ1) is 7.84. The standard InChI is InChI=1S/C10H13O6P.2Na/c1-3-5-7(8(11)12)10(6-4-2,9(13)14)17(15)16;;/h3-4,7H,1-2,5-6H2,(H,11,12)(H,13,14);;/q;2*+1/p-2. The van der Waals surface area contributed by atoms with Crippen molar-refractivity contribution in [3.63, 3.8) is 0 Å². The zero-order valence-corrected chi connectivity index (χ0v) is 15.9. The van der Waals surface area contributed by atoms with E-state index >= 15 is 0 Å². The molecule has 0 aromatic rings. The summed E-state index contributed by atoms with van der Waals surface area (Å²) in [6, 6.07) is 0. The molecular weight excluding hydrogens is 293 g/mol. The van der Waals surface area contributed by atoms with Crippen molar-refractivity contribution in [3.05, 3.63) is 25.3 Å². The molecule has 0 spiro atoms. The van der Waals surface area contributed by atoms with E-state index in [1.807, 2.05) is 0 Å². The van der Waals surface area contributed by atoms with Gasteiger partial charge in [-0.05, 0) is 12.8 Å². The fourth-order valence-corrected chi connectivity index (χ4v) is 2.41. The summed E-state index contributed by atoms with van der Waals surface area (Å²) in [5.41, 5.74) is 0. The monoisotopic (exact) mass is 304 g/mol. The van der Waals surface area contributed by atoms with Gasteiger partial charge in [0.25, 0.3) is 0 Å². The Morgan fingerprint density at radius 1 is 1.16 bits per heavy atom. The van der Waals surface area contributed by atoms with Crippen LogP contribution < -0.4 is 69.3 Å². The largest absolute Gasteiger partial charge is 1.00 e. The third-order valence-corrected chi connectivity index (χ3v) is 3.73. The minimum atomic E-state index is -3.58. The Labute approximate surface area is 155 Å². The van der Waals surface area contributed by atoms with Crippen LogP contribution in [0, 0.1) is 5.92 Å². The predicted molar refractivity (Wildman–Crippen MR) is 54.2 cm³/mol. The third-order valence-electron chi connectivity index (χ3n) is 2.40. The molecule has 2 atom stereocenters. The van der Waals surface area contributed by atoms with Gasteiger partial charge in [0.15, 0.2) is 0 Å². The Balaban J connectivity index is -0.00000128. The van der Waals surface area contributed by atoms with Crippen LogP contribution in [0.1, 0.15) is 12.8 Å². The maximum absolute atomic E-state index is 11.1. The molecular formula is C10H11Na2O6P. The Morgan fingerprint density at radius 2 is 1.63 bits per heavy atom. The van der Waals surface area contributed by atoms with Crippen LogP contribution in [0.4, 0.5) is 0 Å². The van der Waals surface area contributed by atoms with Crippen molar-refractivity contribution in [1.29, 1.82) is 0 Å². The molecule has 0 rings (SSSR count). The van der Waals surface area contributed by atoms with Crippen molar-refractivity contribution >= 4 is 19.6 Å². The first-order valence-corrected chi connectivity index (χ1v) is 5.80. The van der Waals surface area contributed by atoms with E-state index in [9.17, 15) is 28.9 Å². The molecule has 0 aliphatic carbocycles. The molecule has 0 N–H and O–H groups in total. The summed E-state index contributed by atoms with van der Waals surface area (Å²) in [5, 5.41) is 19.3. The normalized spacial score (nSPS) is 13.7. The fraction of sp³-hybridized carbons (Fsp3) is 0.400. The van der Waals surface area contributed by atoms with E-state index in [1.54, 1.807) is 0 Å². The molecule has 0 radical (unpaired) electrons. The minimum Gasteiger partial charge on any atom is -0.550 e. The molecule has 0 aromatic carbocycles. The second-order valence-electron chi connectivity index (χ2n) is 3.36. The Kier molecular flexibility index (Phi) is 14.1. The number of carbonyl (C=O) groups is 2. The summed E-state index contributed by atoms with van der Waals surface area (Å²) in [7, 11) is -3.58. The maximum atomic E-state index is 11.1. The zero-order valence-electron chi connectivity index (χ0n) is 11.0. The van der Waals surface area contributed by atoms with E-state index in [0.29, 0.717) is 0 Å². The molecule has 0 aromatic heterocycles. The van der Waals surface area contributed by atoms with Crippen LogP contribution in [-0.2, 0) is 18.7 Å². The number of carbonyl (C=O) groups excluding carboxylic acids is 2. The van der Waals surface area contributed by atoms with Crippen LogP contribution in [0.15, 0.2) is 25.3 Å². The summed E-state index contributed by atoms with van der Waals surface area (Å²) in [6.07, 6.45) is 1.20. The van der Waals surface area contributed by atoms with Crippen molar-refractivity contribution in [2.75, 3.05) is 0 Å². The molecule has 19 heavy (non-hydrogen) atoms. The van der Waals surface area contributed by atoms with Crippen molar-refractivity contribution in [3.8, 4) is 0 Å². The molecule has 0 amide bonds. The van der Waals surface area contributed by atoms with E-state index in [4.69, 9.17) is 0 Å². The summed E-state index contributed by atoms with van der Waals surface area (Å²) in [5.74, 6) is -5.52. The molecule has 94 valence electrons. The number of hydrogen-bond donors (Lipinski definition) is 0. The number of hydrogen-bond acceptors (Lipinski definition) is 6. The van der Waals surface area contributed by atoms with Crippen LogP contribution in [0.25, 0.3) is 0 Å². The molecule has 0 heterocycles. The van der Waals surface area contributed by atoms with Gasteiger partial charge in [-0.15, -0.1) is 13.2 Å². The van der Waals surface area contributed by atoms with Gasteiger partial charge in [-0.25, -0.2) is 9.13 Å². The van der Waals surface area contributed by atoms with Gasteiger partial charge in [-0.2, -0.15) is 0 Å². The van der Waals surface area contributed by atoms with E-state index in [2.05, 4.69) is 13.2 Å². The molecule has 0 fully saturated rings. The van der Waals surface area contributed by atoms with Crippen molar-refractivity contribution < 1.29 is 88.0 Å². The van der Waals surface area contributed by atoms with Gasteiger partial charge >= 0.3 is 66.8 Å².